The first-order valence-electron chi connectivity index (χ1n) is 8.69. The van der Waals surface area contributed by atoms with Crippen molar-refractivity contribution < 1.29 is 13.2 Å². The number of hydrogen-bond acceptors (Lipinski definition) is 6. The van der Waals surface area contributed by atoms with E-state index in [4.69, 9.17) is 11.6 Å². The largest absolute Gasteiger partial charge is 0.340 e. The normalized spacial score (nSPS) is 15.8. The first kappa shape index (κ1) is 19.3. The third-order valence-corrected chi connectivity index (χ3v) is 7.60. The van der Waals surface area contributed by atoms with Gasteiger partial charge in [0, 0.05) is 31.2 Å². The zero-order valence-corrected chi connectivity index (χ0v) is 17.2. The topological polar surface area (TPSA) is 83.5 Å². The fourth-order valence-electron chi connectivity index (χ4n) is 3.22. The van der Waals surface area contributed by atoms with Crippen molar-refractivity contribution in [3.05, 3.63) is 53.1 Å². The Hall–Kier alpha value is -2.07. The van der Waals surface area contributed by atoms with E-state index >= 15 is 0 Å². The number of sulfonamides is 1. The summed E-state index contributed by atoms with van der Waals surface area (Å²) in [5, 5.41) is 0.557. The second-order valence-electron chi connectivity index (χ2n) is 6.44. The number of carbonyl (C=O) groups excluding carboxylic acids is 1. The van der Waals surface area contributed by atoms with Crippen LogP contribution in [0.15, 0.2) is 47.4 Å². The van der Waals surface area contributed by atoms with Crippen LogP contribution in [0, 0.1) is 0 Å². The number of aromatic nitrogens is 2. The molecular formula is C18H17ClN4O3S2. The van der Waals surface area contributed by atoms with Gasteiger partial charge in [0.25, 0.3) is 0 Å². The van der Waals surface area contributed by atoms with Crippen LogP contribution in [-0.4, -0.2) is 58.5 Å². The number of rotatable bonds is 4. The molecule has 0 unspecified atom stereocenters. The predicted octanol–water partition coefficient (Wildman–Crippen LogP) is 2.42. The van der Waals surface area contributed by atoms with Crippen molar-refractivity contribution in [2.24, 2.45) is 0 Å². The summed E-state index contributed by atoms with van der Waals surface area (Å²) in [6.45, 7) is 1.16. The van der Waals surface area contributed by atoms with Crippen LogP contribution in [0.2, 0.25) is 5.02 Å². The number of amides is 1. The van der Waals surface area contributed by atoms with Crippen LogP contribution in [0.3, 0.4) is 0 Å². The average molecular weight is 437 g/mol. The van der Waals surface area contributed by atoms with Crippen LogP contribution in [0.25, 0.3) is 11.0 Å². The Morgan fingerprint density at radius 2 is 1.79 bits per heavy atom. The maximum Gasteiger partial charge on any atom is 0.245 e. The van der Waals surface area contributed by atoms with Gasteiger partial charge in [-0.1, -0.05) is 35.9 Å². The molecule has 1 aliphatic heterocycles. The molecule has 2 aromatic carbocycles. The summed E-state index contributed by atoms with van der Waals surface area (Å²) in [5.74, 6) is -0.0593. The highest BCUT2D eigenvalue weighted by Crippen LogP contribution is 2.25. The summed E-state index contributed by atoms with van der Waals surface area (Å²) >= 11 is 7.12. The number of hydrogen-bond donors (Lipinski definition) is 0. The molecule has 1 fully saturated rings. The van der Waals surface area contributed by atoms with E-state index in [-0.39, 0.29) is 30.3 Å². The fraction of sp³-hybridized carbons (Fsp3) is 0.278. The lowest BCUT2D eigenvalue weighted by molar-refractivity contribution is -0.131. The van der Waals surface area contributed by atoms with E-state index in [1.165, 1.54) is 4.31 Å². The standard InChI is InChI=1S/C18H17ClN4O3S2/c19-14-5-2-1-4-13(14)12-17(24)22-8-10-23(11-9-22)28(25,26)16-7-3-6-15-18(16)21-27-20-15/h1-7H,8-12H2. The van der Waals surface area contributed by atoms with Gasteiger partial charge in [-0.2, -0.15) is 13.1 Å². The van der Waals surface area contributed by atoms with Crippen molar-refractivity contribution >= 4 is 50.3 Å². The van der Waals surface area contributed by atoms with Gasteiger partial charge in [-0.05, 0) is 23.8 Å². The molecule has 0 bridgehead atoms. The lowest BCUT2D eigenvalue weighted by Crippen LogP contribution is -2.50. The van der Waals surface area contributed by atoms with Gasteiger partial charge in [0.2, 0.25) is 15.9 Å². The molecule has 0 spiro atoms. The molecule has 1 amide bonds. The molecule has 3 aromatic rings. The van der Waals surface area contributed by atoms with Crippen LogP contribution in [0.1, 0.15) is 5.56 Å². The van der Waals surface area contributed by atoms with Gasteiger partial charge in [-0.15, -0.1) is 0 Å². The number of halogens is 1. The van der Waals surface area contributed by atoms with Crippen LogP contribution in [0.5, 0.6) is 0 Å². The van der Waals surface area contributed by atoms with Crippen LogP contribution in [-0.2, 0) is 21.2 Å². The van der Waals surface area contributed by atoms with Crippen LogP contribution in [0.4, 0.5) is 0 Å². The molecule has 4 rings (SSSR count). The zero-order chi connectivity index (χ0) is 19.7. The molecule has 7 nitrogen and oxygen atoms in total. The second-order valence-corrected chi connectivity index (χ2v) is 9.28. The Morgan fingerprint density at radius 1 is 1.04 bits per heavy atom. The SMILES string of the molecule is O=C(Cc1ccccc1Cl)N1CCN(S(=O)(=O)c2cccc3nsnc23)CC1. The van der Waals surface area contributed by atoms with E-state index in [9.17, 15) is 13.2 Å². The first-order chi connectivity index (χ1) is 13.5. The molecule has 1 saturated heterocycles. The Balaban J connectivity index is 1.46. The third kappa shape index (κ3) is 3.62. The number of nitrogens with zero attached hydrogens (tertiary/aromatic N) is 4. The molecule has 1 aromatic heterocycles. The van der Waals surface area contributed by atoms with E-state index in [1.807, 2.05) is 18.2 Å². The molecule has 146 valence electrons. The molecule has 10 heteroatoms. The smallest absolute Gasteiger partial charge is 0.245 e. The lowest BCUT2D eigenvalue weighted by atomic mass is 10.1. The number of carbonyl (C=O) groups is 1. The molecule has 28 heavy (non-hydrogen) atoms. The van der Waals surface area contributed by atoms with Gasteiger partial charge in [0.05, 0.1) is 18.1 Å². The maximum atomic E-state index is 13.1. The quantitative estimate of drug-likeness (QED) is 0.627. The van der Waals surface area contributed by atoms with Gasteiger partial charge in [0.15, 0.2) is 0 Å². The highest BCUT2D eigenvalue weighted by atomic mass is 35.5. The monoisotopic (exact) mass is 436 g/mol. The van der Waals surface area contributed by atoms with E-state index in [0.717, 1.165) is 17.3 Å². The number of fused-ring (bicyclic) bond motifs is 1. The van der Waals surface area contributed by atoms with Crippen molar-refractivity contribution in [3.63, 3.8) is 0 Å². The van der Waals surface area contributed by atoms with Crippen molar-refractivity contribution in [2.45, 2.75) is 11.3 Å². The molecule has 0 aliphatic carbocycles. The van der Waals surface area contributed by atoms with Crippen molar-refractivity contribution in [1.29, 1.82) is 0 Å². The maximum absolute atomic E-state index is 13.1. The predicted molar refractivity (Wildman–Crippen MR) is 108 cm³/mol. The molecule has 0 N–H and O–H groups in total. The summed E-state index contributed by atoms with van der Waals surface area (Å²) in [4.78, 5) is 14.4. The molecule has 0 saturated carbocycles. The molecule has 1 aliphatic rings. The van der Waals surface area contributed by atoms with Crippen LogP contribution < -0.4 is 0 Å². The first-order valence-corrected chi connectivity index (χ1v) is 11.2. The zero-order valence-electron chi connectivity index (χ0n) is 14.8. The van der Waals surface area contributed by atoms with E-state index in [2.05, 4.69) is 8.75 Å². The van der Waals surface area contributed by atoms with Crippen LogP contribution >= 0.6 is 23.3 Å². The Labute approximate surface area is 171 Å². The minimum Gasteiger partial charge on any atom is -0.340 e. The third-order valence-electron chi connectivity index (χ3n) is 4.76. The Bertz CT molecular complexity index is 1120. The fourth-order valence-corrected chi connectivity index (χ4v) is 5.60. The number of benzene rings is 2. The summed E-state index contributed by atoms with van der Waals surface area (Å²) in [6, 6.07) is 12.2. The van der Waals surface area contributed by atoms with Crippen molar-refractivity contribution in [1.82, 2.24) is 18.0 Å². The van der Waals surface area contributed by atoms with E-state index in [0.29, 0.717) is 29.1 Å². The minimum absolute atomic E-state index is 0.0593. The minimum atomic E-state index is -3.69. The molecule has 0 radical (unpaired) electrons. The van der Waals surface area contributed by atoms with Gasteiger partial charge in [0.1, 0.15) is 15.9 Å². The Kier molecular flexibility index (Phi) is 5.33. The van der Waals surface area contributed by atoms with Crippen molar-refractivity contribution in [3.8, 4) is 0 Å². The molecule has 0 atom stereocenters. The van der Waals surface area contributed by atoms with Gasteiger partial charge >= 0.3 is 0 Å². The van der Waals surface area contributed by atoms with Gasteiger partial charge in [-0.25, -0.2) is 8.42 Å². The average Bonchev–Trinajstić information content (AvgIpc) is 3.18. The lowest BCUT2D eigenvalue weighted by Gasteiger charge is -2.34. The summed E-state index contributed by atoms with van der Waals surface area (Å²) in [7, 11) is -3.69. The summed E-state index contributed by atoms with van der Waals surface area (Å²) in [5.41, 5.74) is 1.73. The summed E-state index contributed by atoms with van der Waals surface area (Å²) < 4.78 is 35.7. The summed E-state index contributed by atoms with van der Waals surface area (Å²) in [6.07, 6.45) is 0.205. The second kappa shape index (κ2) is 7.75. The van der Waals surface area contributed by atoms with Gasteiger partial charge < -0.3 is 4.90 Å². The highest BCUT2D eigenvalue weighted by Gasteiger charge is 2.32. The van der Waals surface area contributed by atoms with Gasteiger partial charge in [-0.3, -0.25) is 4.79 Å². The van der Waals surface area contributed by atoms with E-state index < -0.39 is 10.0 Å². The molecular weight excluding hydrogens is 420 g/mol. The van der Waals surface area contributed by atoms with E-state index in [1.54, 1.807) is 29.2 Å². The molecule has 2 heterocycles. The number of piperazine rings is 1. The highest BCUT2D eigenvalue weighted by molar-refractivity contribution is 7.89. The Morgan fingerprint density at radius 3 is 2.54 bits per heavy atom. The van der Waals surface area contributed by atoms with Crippen molar-refractivity contribution in [2.75, 3.05) is 26.2 Å².